The maximum atomic E-state index is 13.0. The third-order valence-electron chi connectivity index (χ3n) is 4.21. The van der Waals surface area contributed by atoms with Crippen LogP contribution in [0.4, 0.5) is 10.1 Å². The number of nitrogens with zero attached hydrogens (tertiary/aromatic N) is 3. The summed E-state index contributed by atoms with van der Waals surface area (Å²) in [6.07, 6.45) is 2.24. The number of amides is 1. The maximum Gasteiger partial charge on any atom is 0.237 e. The number of carbonyl (C=O) groups is 1. The van der Waals surface area contributed by atoms with Gasteiger partial charge in [-0.2, -0.15) is 0 Å². The van der Waals surface area contributed by atoms with E-state index in [-0.39, 0.29) is 17.0 Å². The van der Waals surface area contributed by atoms with Crippen molar-refractivity contribution in [1.82, 2.24) is 14.6 Å². The van der Waals surface area contributed by atoms with Gasteiger partial charge < -0.3 is 9.73 Å². The minimum Gasteiger partial charge on any atom is -0.460 e. The predicted octanol–water partition coefficient (Wildman–Crippen LogP) is 4.43. The van der Waals surface area contributed by atoms with Crippen LogP contribution in [0.3, 0.4) is 0 Å². The Labute approximate surface area is 158 Å². The molecule has 0 unspecified atom stereocenters. The minimum absolute atomic E-state index is 0.163. The highest BCUT2D eigenvalue weighted by atomic mass is 32.2. The number of thioether (sulfide) groups is 1. The third kappa shape index (κ3) is 3.40. The van der Waals surface area contributed by atoms with Crippen LogP contribution >= 0.6 is 11.8 Å². The van der Waals surface area contributed by atoms with Crippen molar-refractivity contribution in [1.29, 1.82) is 0 Å². The topological polar surface area (TPSA) is 72.4 Å². The van der Waals surface area contributed by atoms with E-state index in [1.165, 1.54) is 36.0 Å². The van der Waals surface area contributed by atoms with Crippen LogP contribution in [0.1, 0.15) is 19.1 Å². The van der Waals surface area contributed by atoms with Crippen molar-refractivity contribution >= 4 is 40.0 Å². The number of aromatic nitrogens is 3. The zero-order valence-corrected chi connectivity index (χ0v) is 15.6. The molecule has 3 heterocycles. The molecule has 4 aromatic rings. The second-order valence-corrected chi connectivity index (χ2v) is 7.34. The number of rotatable bonds is 5. The van der Waals surface area contributed by atoms with Gasteiger partial charge in [-0.25, -0.2) is 4.39 Å². The van der Waals surface area contributed by atoms with E-state index in [2.05, 4.69) is 15.5 Å². The van der Waals surface area contributed by atoms with Crippen LogP contribution in [0.25, 0.3) is 16.6 Å². The number of anilines is 1. The van der Waals surface area contributed by atoms with Gasteiger partial charge in [0.15, 0.2) is 5.58 Å². The lowest BCUT2D eigenvalue weighted by atomic mass is 10.2. The zero-order valence-electron chi connectivity index (χ0n) is 14.8. The van der Waals surface area contributed by atoms with Gasteiger partial charge in [0, 0.05) is 17.8 Å². The molecule has 27 heavy (non-hydrogen) atoms. The Bertz CT molecular complexity index is 1120. The molecule has 0 radical (unpaired) electrons. The van der Waals surface area contributed by atoms with Crippen molar-refractivity contribution in [3.63, 3.8) is 0 Å². The first-order valence-electron chi connectivity index (χ1n) is 8.51. The molecule has 1 aromatic carbocycles. The van der Waals surface area contributed by atoms with E-state index in [1.54, 1.807) is 6.33 Å². The Kier molecular flexibility index (Phi) is 4.57. The highest BCUT2D eigenvalue weighted by molar-refractivity contribution is 8.00. The molecule has 0 bridgehead atoms. The third-order valence-corrected chi connectivity index (χ3v) is 5.56. The molecule has 4 rings (SSSR count). The summed E-state index contributed by atoms with van der Waals surface area (Å²) < 4.78 is 20.6. The summed E-state index contributed by atoms with van der Waals surface area (Å²) in [4.78, 5) is 12.6. The fourth-order valence-corrected chi connectivity index (χ4v) is 3.88. The summed E-state index contributed by atoms with van der Waals surface area (Å²) in [5.74, 6) is 0.318. The number of fused-ring (bicyclic) bond motifs is 3. The van der Waals surface area contributed by atoms with E-state index in [4.69, 9.17) is 4.42 Å². The Morgan fingerprint density at radius 2 is 2.07 bits per heavy atom. The normalized spacial score (nSPS) is 12.6. The van der Waals surface area contributed by atoms with Gasteiger partial charge in [-0.3, -0.25) is 9.20 Å². The number of carbonyl (C=O) groups excluding carboxylic acids is 1. The molecule has 0 aliphatic heterocycles. The van der Waals surface area contributed by atoms with Gasteiger partial charge in [0.05, 0.1) is 16.3 Å². The minimum atomic E-state index is -0.363. The molecule has 8 heteroatoms. The highest BCUT2D eigenvalue weighted by Crippen LogP contribution is 2.32. The number of aryl methyl sites for hydroxylation is 1. The van der Waals surface area contributed by atoms with E-state index >= 15 is 0 Å². The summed E-state index contributed by atoms with van der Waals surface area (Å²) in [6.45, 7) is 3.83. The lowest BCUT2D eigenvalue weighted by Gasteiger charge is -2.14. The first-order valence-corrected chi connectivity index (χ1v) is 9.39. The molecule has 0 fully saturated rings. The van der Waals surface area contributed by atoms with Crippen LogP contribution < -0.4 is 5.32 Å². The highest BCUT2D eigenvalue weighted by Gasteiger charge is 2.22. The molecule has 0 aliphatic carbocycles. The molecular weight excluding hydrogens is 367 g/mol. The molecule has 0 spiro atoms. The van der Waals surface area contributed by atoms with Crippen molar-refractivity contribution in [3.8, 4) is 0 Å². The van der Waals surface area contributed by atoms with Crippen molar-refractivity contribution in [2.24, 2.45) is 0 Å². The Morgan fingerprint density at radius 3 is 2.81 bits per heavy atom. The number of furan rings is 1. The van der Waals surface area contributed by atoms with Crippen LogP contribution in [-0.2, 0) is 4.79 Å². The van der Waals surface area contributed by atoms with Gasteiger partial charge in [-0.1, -0.05) is 18.7 Å². The smallest absolute Gasteiger partial charge is 0.237 e. The van der Waals surface area contributed by atoms with E-state index in [9.17, 15) is 9.18 Å². The molecule has 3 aromatic heterocycles. The first kappa shape index (κ1) is 17.5. The standard InChI is InChI=1S/C19H17FN4O2S/c1-3-17(18(25)22-13-6-4-12(20)5-7-13)27-19-15-9-16-14(8-11(2)26-16)24(15)10-21-23-19/h4-10,17H,3H2,1-2H3,(H,22,25)/t17-/m0/s1. The average Bonchev–Trinajstić information content (AvgIpc) is 3.18. The largest absolute Gasteiger partial charge is 0.460 e. The fraction of sp³-hybridized carbons (Fsp3) is 0.211. The molecule has 1 amide bonds. The summed E-state index contributed by atoms with van der Waals surface area (Å²) in [5, 5.41) is 11.4. The molecule has 0 saturated heterocycles. The van der Waals surface area contributed by atoms with Crippen molar-refractivity contribution in [2.75, 3.05) is 5.32 Å². The van der Waals surface area contributed by atoms with Gasteiger partial charge in [0.2, 0.25) is 5.91 Å². The van der Waals surface area contributed by atoms with Crippen LogP contribution in [-0.4, -0.2) is 25.8 Å². The number of benzene rings is 1. The molecule has 138 valence electrons. The zero-order chi connectivity index (χ0) is 19.0. The maximum absolute atomic E-state index is 13.0. The van der Waals surface area contributed by atoms with Crippen LogP contribution in [0.2, 0.25) is 0 Å². The van der Waals surface area contributed by atoms with E-state index in [0.717, 1.165) is 22.4 Å². The van der Waals surface area contributed by atoms with Gasteiger partial charge in [0.25, 0.3) is 0 Å². The fourth-order valence-electron chi connectivity index (χ4n) is 2.90. The van der Waals surface area contributed by atoms with Crippen molar-refractivity contribution < 1.29 is 13.6 Å². The summed E-state index contributed by atoms with van der Waals surface area (Å²) in [6, 6.07) is 9.55. The van der Waals surface area contributed by atoms with E-state index in [1.807, 2.05) is 30.4 Å². The Morgan fingerprint density at radius 1 is 1.30 bits per heavy atom. The molecule has 6 nitrogen and oxygen atoms in total. The van der Waals surface area contributed by atoms with Crippen LogP contribution in [0.15, 0.2) is 52.2 Å². The lowest BCUT2D eigenvalue weighted by molar-refractivity contribution is -0.115. The van der Waals surface area contributed by atoms with Crippen molar-refractivity contribution in [3.05, 3.63) is 54.3 Å². The van der Waals surface area contributed by atoms with Gasteiger partial charge >= 0.3 is 0 Å². The van der Waals surface area contributed by atoms with Gasteiger partial charge in [-0.15, -0.1) is 10.2 Å². The predicted molar refractivity (Wildman–Crippen MR) is 102 cm³/mol. The van der Waals surface area contributed by atoms with E-state index in [0.29, 0.717) is 17.1 Å². The van der Waals surface area contributed by atoms with Gasteiger partial charge in [0.1, 0.15) is 22.9 Å². The number of halogens is 1. The molecule has 1 N–H and O–H groups in total. The van der Waals surface area contributed by atoms with Crippen LogP contribution in [0, 0.1) is 12.7 Å². The lowest BCUT2D eigenvalue weighted by Crippen LogP contribution is -2.24. The quantitative estimate of drug-likeness (QED) is 0.515. The second kappa shape index (κ2) is 7.03. The molecule has 0 aliphatic rings. The second-order valence-electron chi connectivity index (χ2n) is 6.15. The SMILES string of the molecule is CC[C@H](Sc1nncn2c1cc1oc(C)cc12)C(=O)Nc1ccc(F)cc1. The summed E-state index contributed by atoms with van der Waals surface area (Å²) in [7, 11) is 0. The summed E-state index contributed by atoms with van der Waals surface area (Å²) >= 11 is 1.35. The Balaban J connectivity index is 1.60. The average molecular weight is 384 g/mol. The molecular formula is C19H17FN4O2S. The van der Waals surface area contributed by atoms with Gasteiger partial charge in [-0.05, 0) is 37.6 Å². The summed E-state index contributed by atoms with van der Waals surface area (Å²) in [5.41, 5.74) is 3.08. The molecule has 0 saturated carbocycles. The van der Waals surface area contributed by atoms with Crippen molar-refractivity contribution in [2.45, 2.75) is 30.5 Å². The first-order chi connectivity index (χ1) is 13.0. The molecule has 1 atom stereocenters. The number of hydrogen-bond donors (Lipinski definition) is 1. The number of hydrogen-bond acceptors (Lipinski definition) is 5. The van der Waals surface area contributed by atoms with Crippen LogP contribution in [0.5, 0.6) is 0 Å². The monoisotopic (exact) mass is 384 g/mol. The number of nitrogens with one attached hydrogen (secondary N) is 1. The Hall–Kier alpha value is -2.87. The van der Waals surface area contributed by atoms with E-state index < -0.39 is 0 Å².